The molecule has 0 saturated heterocycles. The average molecular weight is 703 g/mol. The van der Waals surface area contributed by atoms with Crippen LogP contribution in [0.25, 0.3) is 22.3 Å². The molecule has 1 nitrogen and oxygen atoms in total. The number of halogens is 9. The highest BCUT2D eigenvalue weighted by molar-refractivity contribution is 5.72. The van der Waals surface area contributed by atoms with Crippen LogP contribution < -0.4 is 4.74 Å². The molecule has 0 spiro atoms. The molecule has 0 aliphatic carbocycles. The van der Waals surface area contributed by atoms with Gasteiger partial charge >= 0.3 is 6.11 Å². The van der Waals surface area contributed by atoms with E-state index in [0.717, 1.165) is 65.4 Å². The minimum atomic E-state index is -4.34. The lowest BCUT2D eigenvalue weighted by molar-refractivity contribution is -0.189. The lowest BCUT2D eigenvalue weighted by atomic mass is 9.93. The largest absolute Gasteiger partial charge is 0.432 e. The van der Waals surface area contributed by atoms with Gasteiger partial charge in [-0.2, -0.15) is 8.78 Å². The quantitative estimate of drug-likeness (QED) is 0.121. The Balaban J connectivity index is 0.000000244. The summed E-state index contributed by atoms with van der Waals surface area (Å²) >= 11 is 0. The molecule has 0 unspecified atom stereocenters. The Morgan fingerprint density at radius 2 is 1.02 bits per heavy atom. The zero-order valence-electron chi connectivity index (χ0n) is 28.5. The fraction of sp³-hybridized carbons (Fsp3) is 0.250. The van der Waals surface area contributed by atoms with Crippen LogP contribution >= 0.6 is 0 Å². The molecule has 0 fully saturated rings. The van der Waals surface area contributed by atoms with Gasteiger partial charge in [0.15, 0.2) is 17.5 Å². The average Bonchev–Trinajstić information content (AvgIpc) is 2.97. The lowest BCUT2D eigenvalue weighted by Gasteiger charge is -2.21. The molecule has 0 N–H and O–H groups in total. The van der Waals surface area contributed by atoms with Gasteiger partial charge in [-0.15, -0.1) is 0 Å². The van der Waals surface area contributed by atoms with Crippen LogP contribution in [0, 0.1) is 82.3 Å². The van der Waals surface area contributed by atoms with Crippen molar-refractivity contribution in [2.75, 3.05) is 0 Å². The van der Waals surface area contributed by atoms with Gasteiger partial charge in [-0.1, -0.05) is 37.1 Å². The van der Waals surface area contributed by atoms with Crippen molar-refractivity contribution in [1.29, 1.82) is 0 Å². The molecule has 0 bridgehead atoms. The summed E-state index contributed by atoms with van der Waals surface area (Å²) < 4.78 is 131. The summed E-state index contributed by atoms with van der Waals surface area (Å²) in [5.74, 6) is -8.91. The van der Waals surface area contributed by atoms with Crippen LogP contribution in [0.1, 0.15) is 57.9 Å². The molecular weight excluding hydrogens is 667 g/mol. The molecule has 0 radical (unpaired) electrons. The molecule has 0 atom stereocenters. The molecule has 5 rings (SSSR count). The first-order valence-electron chi connectivity index (χ1n) is 15.7. The molecule has 0 amide bonds. The van der Waals surface area contributed by atoms with Crippen molar-refractivity contribution in [3.05, 3.63) is 146 Å². The van der Waals surface area contributed by atoms with E-state index >= 15 is 0 Å². The monoisotopic (exact) mass is 702 g/mol. The van der Waals surface area contributed by atoms with Gasteiger partial charge in [0.25, 0.3) is 0 Å². The van der Waals surface area contributed by atoms with E-state index < -0.39 is 58.1 Å². The zero-order chi connectivity index (χ0) is 37.2. The Morgan fingerprint density at radius 1 is 0.520 bits per heavy atom. The Bertz CT molecular complexity index is 1950. The van der Waals surface area contributed by atoms with Crippen molar-refractivity contribution in [2.45, 2.75) is 67.4 Å². The van der Waals surface area contributed by atoms with Crippen molar-refractivity contribution < 1.29 is 44.3 Å². The first-order chi connectivity index (χ1) is 23.3. The lowest BCUT2D eigenvalue weighted by Crippen LogP contribution is -2.25. The minimum Gasteiger partial charge on any atom is -0.429 e. The number of benzene rings is 5. The predicted octanol–water partition coefficient (Wildman–Crippen LogP) is 12.6. The number of ether oxygens (including phenoxy) is 1. The summed E-state index contributed by atoms with van der Waals surface area (Å²) in [5.41, 5.74) is 3.87. The highest BCUT2D eigenvalue weighted by atomic mass is 19.3. The summed E-state index contributed by atoms with van der Waals surface area (Å²) in [5, 5.41) is 0. The molecule has 0 aliphatic rings. The van der Waals surface area contributed by atoms with E-state index in [1.54, 1.807) is 26.8 Å². The van der Waals surface area contributed by atoms with Crippen molar-refractivity contribution in [1.82, 2.24) is 0 Å². The maximum absolute atomic E-state index is 14.7. The van der Waals surface area contributed by atoms with Gasteiger partial charge < -0.3 is 4.74 Å². The number of hydrogen-bond acceptors (Lipinski definition) is 1. The van der Waals surface area contributed by atoms with Crippen molar-refractivity contribution in [3.8, 4) is 28.0 Å². The molecule has 264 valence electrons. The SMILES string of the molecule is CCCc1cc(C)c(-c2cc(F)c(F)c(F)c2)c(F)c1.Cc1cc(C)c(-c2cc(F)c(C(F)(F)Oc3cc(C)c(C)c(F)c3)c(F)c2)c(C)c1. The highest BCUT2D eigenvalue weighted by Crippen LogP contribution is 2.39. The fourth-order valence-corrected chi connectivity index (χ4v) is 5.99. The Hall–Kier alpha value is -4.73. The van der Waals surface area contributed by atoms with Crippen LogP contribution in [0.3, 0.4) is 0 Å². The van der Waals surface area contributed by atoms with Gasteiger partial charge in [0.05, 0.1) is 0 Å². The Kier molecular flexibility index (Phi) is 11.4. The number of rotatable bonds is 7. The molecule has 50 heavy (non-hydrogen) atoms. The molecule has 5 aromatic carbocycles. The second-order valence-corrected chi connectivity index (χ2v) is 12.3. The van der Waals surface area contributed by atoms with Crippen LogP contribution in [0.15, 0.2) is 60.7 Å². The normalized spacial score (nSPS) is 11.4. The van der Waals surface area contributed by atoms with E-state index in [1.165, 1.54) is 26.0 Å². The van der Waals surface area contributed by atoms with Gasteiger partial charge in [-0.05, 0) is 134 Å². The van der Waals surface area contributed by atoms with E-state index in [1.807, 2.05) is 26.0 Å². The van der Waals surface area contributed by atoms with Gasteiger partial charge in [-0.3, -0.25) is 0 Å². The molecule has 0 heterocycles. The summed E-state index contributed by atoms with van der Waals surface area (Å²) in [4.78, 5) is 0. The third kappa shape index (κ3) is 8.17. The van der Waals surface area contributed by atoms with Gasteiger partial charge in [-0.25, -0.2) is 30.7 Å². The van der Waals surface area contributed by atoms with Crippen molar-refractivity contribution in [3.63, 3.8) is 0 Å². The number of alkyl halides is 2. The summed E-state index contributed by atoms with van der Waals surface area (Å²) in [6.45, 7) is 12.1. The maximum Gasteiger partial charge on any atom is 0.432 e. The summed E-state index contributed by atoms with van der Waals surface area (Å²) in [6, 6.07) is 12.1. The van der Waals surface area contributed by atoms with E-state index in [9.17, 15) is 39.5 Å². The Morgan fingerprint density at radius 3 is 1.52 bits per heavy atom. The molecule has 0 aliphatic heterocycles. The summed E-state index contributed by atoms with van der Waals surface area (Å²) in [7, 11) is 0. The van der Waals surface area contributed by atoms with Gasteiger partial charge in [0.2, 0.25) is 0 Å². The Labute approximate surface area is 285 Å². The third-order valence-electron chi connectivity index (χ3n) is 8.28. The van der Waals surface area contributed by atoms with Gasteiger partial charge in [0.1, 0.15) is 34.6 Å². The van der Waals surface area contributed by atoms with Crippen molar-refractivity contribution >= 4 is 0 Å². The van der Waals surface area contributed by atoms with Crippen LogP contribution in [0.5, 0.6) is 5.75 Å². The molecule has 0 saturated carbocycles. The smallest absolute Gasteiger partial charge is 0.429 e. The number of hydrogen-bond donors (Lipinski definition) is 0. The van der Waals surface area contributed by atoms with Crippen LogP contribution in [-0.2, 0) is 12.5 Å². The molecule has 10 heteroatoms. The topological polar surface area (TPSA) is 9.23 Å². The summed E-state index contributed by atoms with van der Waals surface area (Å²) in [6.07, 6.45) is -2.74. The van der Waals surface area contributed by atoms with E-state index in [-0.39, 0.29) is 22.3 Å². The van der Waals surface area contributed by atoms with Gasteiger partial charge in [0, 0.05) is 11.6 Å². The van der Waals surface area contributed by atoms with Crippen LogP contribution in [-0.4, -0.2) is 0 Å². The molecule has 0 aromatic heterocycles. The first-order valence-corrected chi connectivity index (χ1v) is 15.7. The van der Waals surface area contributed by atoms with Crippen LogP contribution in [0.2, 0.25) is 0 Å². The first kappa shape index (κ1) is 38.1. The second-order valence-electron chi connectivity index (χ2n) is 12.3. The molecule has 5 aromatic rings. The van der Waals surface area contributed by atoms with Crippen molar-refractivity contribution in [2.24, 2.45) is 0 Å². The van der Waals surface area contributed by atoms with E-state index in [0.29, 0.717) is 16.7 Å². The van der Waals surface area contributed by atoms with E-state index in [4.69, 9.17) is 0 Å². The zero-order valence-corrected chi connectivity index (χ0v) is 28.5. The third-order valence-corrected chi connectivity index (χ3v) is 8.28. The maximum atomic E-state index is 14.7. The highest BCUT2D eigenvalue weighted by Gasteiger charge is 2.41. The standard InChI is InChI=1S/C24H21F5O.C16H14F4/c1-12-6-14(3)22(15(4)7-12)17-9-20(26)23(21(27)10-17)24(28,29)30-18-8-13(2)16(5)19(25)11-18;1-3-4-10-5-9(2)15(12(17)6-10)11-7-13(18)16(20)14(19)8-11/h6-11H,1-5H3;5-8H,3-4H2,1-2H3. The fourth-order valence-electron chi connectivity index (χ4n) is 5.99. The minimum absolute atomic E-state index is 0.000511. The van der Waals surface area contributed by atoms with E-state index in [2.05, 4.69) is 4.74 Å². The number of aryl methyl sites for hydroxylation is 6. The molecular formula is C40H35F9O. The van der Waals surface area contributed by atoms with Crippen LogP contribution in [0.4, 0.5) is 39.5 Å². The second kappa shape index (κ2) is 15.0. The predicted molar refractivity (Wildman–Crippen MR) is 177 cm³/mol.